The largest absolute Gasteiger partial charge is 0.399 e. The van der Waals surface area contributed by atoms with Crippen molar-refractivity contribution in [3.8, 4) is 0 Å². The van der Waals surface area contributed by atoms with Crippen LogP contribution in [0.2, 0.25) is 0 Å². The van der Waals surface area contributed by atoms with Crippen molar-refractivity contribution in [3.63, 3.8) is 0 Å². The Morgan fingerprint density at radius 2 is 0.507 bits per heavy atom. The Labute approximate surface area is 419 Å². The van der Waals surface area contributed by atoms with E-state index in [1.54, 1.807) is 0 Å². The second kappa shape index (κ2) is 18.3. The highest BCUT2D eigenvalue weighted by molar-refractivity contribution is 7.32. The second-order valence-corrected chi connectivity index (χ2v) is 30.5. The predicted molar refractivity (Wildman–Crippen MR) is 299 cm³/mol. The van der Waals surface area contributed by atoms with Crippen LogP contribution >= 0.6 is 16.5 Å². The van der Waals surface area contributed by atoms with Crippen LogP contribution in [0, 0.1) is 0 Å². The first kappa shape index (κ1) is 54.9. The normalized spacial score (nSPS) is 14.9. The second-order valence-electron chi connectivity index (χ2n) is 28.5. The molecule has 0 fully saturated rings. The summed E-state index contributed by atoms with van der Waals surface area (Å²) in [5.74, 6) is 0. The van der Waals surface area contributed by atoms with Crippen LogP contribution in [0.1, 0.15) is 231 Å². The summed E-state index contributed by atoms with van der Waals surface area (Å²) in [6.45, 7) is 58.8. The molecule has 8 heteroatoms. The number of benzene rings is 4. The highest BCUT2D eigenvalue weighted by Gasteiger charge is 2.32. The fourth-order valence-corrected chi connectivity index (χ4v) is 11.3. The SMILES string of the molecule is CC(CC(C)Op1oc2c(C(C)(C)C)cc(C(C)(C)C)cc2c2cc(C(C)(C)C)cc(C(C)(C)C)c2o1)Op1oc2c(C(C)(C)C)cc(C(C)(C)C)cc2c2cc(C(C)(C)C)cc(C(C)(C)C)c2o1. The molecule has 0 saturated heterocycles. The van der Waals surface area contributed by atoms with Gasteiger partial charge in [-0.1, -0.05) is 190 Å². The van der Waals surface area contributed by atoms with Gasteiger partial charge in [-0.3, -0.25) is 9.05 Å². The van der Waals surface area contributed by atoms with Gasteiger partial charge in [0.1, 0.15) is 22.3 Å². The van der Waals surface area contributed by atoms with Gasteiger partial charge in [0.25, 0.3) is 0 Å². The lowest BCUT2D eigenvalue weighted by Gasteiger charge is -2.27. The molecular formula is C61H90O6P2. The third kappa shape index (κ3) is 12.1. The summed E-state index contributed by atoms with van der Waals surface area (Å²) in [7, 11) is -3.82. The fraction of sp³-hybridized carbons (Fsp3) is 0.607. The molecule has 0 amide bonds. The summed E-state index contributed by atoms with van der Waals surface area (Å²) < 4.78 is 42.6. The number of fused-ring (bicyclic) bond motifs is 6. The van der Waals surface area contributed by atoms with Crippen LogP contribution in [0.25, 0.3) is 43.9 Å². The van der Waals surface area contributed by atoms with Gasteiger partial charge in [-0.2, -0.15) is 0 Å². The summed E-state index contributed by atoms with van der Waals surface area (Å²) in [6.07, 6.45) is -0.0729. The Morgan fingerprint density at radius 1 is 0.319 bits per heavy atom. The fourth-order valence-electron chi connectivity index (χ4n) is 8.94. The van der Waals surface area contributed by atoms with E-state index in [0.29, 0.717) is 6.42 Å². The van der Waals surface area contributed by atoms with Crippen LogP contribution in [0.5, 0.6) is 0 Å². The maximum Gasteiger partial charge on any atom is 0.387 e. The Hall–Kier alpha value is -3.40. The van der Waals surface area contributed by atoms with Gasteiger partial charge in [0.05, 0.1) is 12.2 Å². The molecule has 0 radical (unpaired) electrons. The number of hydrogen-bond acceptors (Lipinski definition) is 6. The van der Waals surface area contributed by atoms with Gasteiger partial charge in [-0.15, -0.1) is 0 Å². The van der Waals surface area contributed by atoms with Crippen LogP contribution in [0.15, 0.2) is 65.3 Å². The average Bonchev–Trinajstić information content (AvgIpc) is 3.40. The van der Waals surface area contributed by atoms with E-state index < -0.39 is 16.5 Å². The van der Waals surface area contributed by atoms with Gasteiger partial charge in [-0.05, 0) is 104 Å². The summed E-state index contributed by atoms with van der Waals surface area (Å²) >= 11 is 0. The highest BCUT2D eigenvalue weighted by Crippen LogP contribution is 2.48. The highest BCUT2D eigenvalue weighted by atomic mass is 31.1. The van der Waals surface area contributed by atoms with Gasteiger partial charge in [0.2, 0.25) is 0 Å². The maximum atomic E-state index is 7.15. The molecule has 0 aliphatic heterocycles. The van der Waals surface area contributed by atoms with E-state index in [1.807, 2.05) is 0 Å². The van der Waals surface area contributed by atoms with Gasteiger partial charge < -0.3 is 16.8 Å². The van der Waals surface area contributed by atoms with E-state index in [1.165, 1.54) is 22.3 Å². The summed E-state index contributed by atoms with van der Waals surface area (Å²) in [5, 5.41) is 4.21. The Kier molecular flexibility index (Phi) is 14.5. The third-order valence-corrected chi connectivity index (χ3v) is 15.9. The quantitative estimate of drug-likeness (QED) is 0.166. The zero-order valence-electron chi connectivity index (χ0n) is 47.8. The van der Waals surface area contributed by atoms with Crippen molar-refractivity contribution in [2.24, 2.45) is 0 Å². The topological polar surface area (TPSA) is 71.0 Å². The standard InChI is InChI=1S/C61H90O6P2/c1-36(62-68-64-50-42(28-38(54(3,4)5)32-46(50)58(15,16)17)43-29-39(55(6,7)8)33-47(51(43)65-68)59(18,19)20)27-37(2)63-69-66-52-44(30-40(56(9,10)11)34-48(52)60(21,22)23)45-31-41(57(12,13)14)35-49(53(45)67-69)61(24,25)26/h28-37H,27H2,1-26H3. The first-order valence-corrected chi connectivity index (χ1v) is 27.7. The molecule has 6 nitrogen and oxygen atoms in total. The van der Waals surface area contributed by atoms with Crippen molar-refractivity contribution in [3.05, 3.63) is 93.0 Å². The molecule has 0 N–H and O–H groups in total. The Balaban J connectivity index is 1.56. The molecule has 380 valence electrons. The van der Waals surface area contributed by atoms with E-state index in [0.717, 1.165) is 66.1 Å². The van der Waals surface area contributed by atoms with E-state index >= 15 is 0 Å². The summed E-state index contributed by atoms with van der Waals surface area (Å²) in [6, 6.07) is 18.7. The molecule has 0 bridgehead atoms. The molecule has 6 aromatic rings. The zero-order chi connectivity index (χ0) is 52.2. The van der Waals surface area contributed by atoms with E-state index in [4.69, 9.17) is 25.8 Å². The van der Waals surface area contributed by atoms with E-state index in [-0.39, 0.29) is 55.5 Å². The van der Waals surface area contributed by atoms with Crippen LogP contribution in [0.3, 0.4) is 0 Å². The van der Waals surface area contributed by atoms with Crippen LogP contribution in [-0.2, 0) is 43.3 Å². The molecule has 2 atom stereocenters. The lowest BCUT2D eigenvalue weighted by atomic mass is 9.77. The minimum absolute atomic E-state index is 0.0907. The Morgan fingerprint density at radius 3 is 0.667 bits per heavy atom. The Bertz CT molecular complexity index is 2570. The minimum Gasteiger partial charge on any atom is -0.399 e. The van der Waals surface area contributed by atoms with Crippen molar-refractivity contribution < 1.29 is 25.8 Å². The number of rotatable bonds is 6. The average molecular weight is 981 g/mol. The maximum absolute atomic E-state index is 7.15. The lowest BCUT2D eigenvalue weighted by Crippen LogP contribution is -2.21. The third-order valence-electron chi connectivity index (χ3n) is 13.5. The molecule has 2 aromatic heterocycles. The molecule has 4 aromatic carbocycles. The van der Waals surface area contributed by atoms with Gasteiger partial charge >= 0.3 is 16.5 Å². The van der Waals surface area contributed by atoms with Gasteiger partial charge in [-0.25, -0.2) is 0 Å². The minimum atomic E-state index is -1.91. The first-order chi connectivity index (χ1) is 31.0. The molecule has 0 saturated carbocycles. The molecule has 2 unspecified atom stereocenters. The van der Waals surface area contributed by atoms with Gasteiger partial charge in [0, 0.05) is 50.2 Å². The van der Waals surface area contributed by atoms with Gasteiger partial charge in [0.15, 0.2) is 0 Å². The van der Waals surface area contributed by atoms with Crippen molar-refractivity contribution in [1.82, 2.24) is 0 Å². The smallest absolute Gasteiger partial charge is 0.387 e. The molecule has 0 aliphatic carbocycles. The lowest BCUT2D eigenvalue weighted by molar-refractivity contribution is 0.184. The molecule has 0 spiro atoms. The summed E-state index contributed by atoms with van der Waals surface area (Å²) in [4.78, 5) is 0. The van der Waals surface area contributed by atoms with Crippen LogP contribution in [-0.4, -0.2) is 12.2 Å². The van der Waals surface area contributed by atoms with Crippen LogP contribution in [0.4, 0.5) is 0 Å². The molecule has 69 heavy (non-hydrogen) atoms. The molecular weight excluding hydrogens is 891 g/mol. The monoisotopic (exact) mass is 981 g/mol. The van der Waals surface area contributed by atoms with E-state index in [9.17, 15) is 0 Å². The van der Waals surface area contributed by atoms with Crippen LogP contribution < -0.4 is 9.05 Å². The molecule has 2 heterocycles. The van der Waals surface area contributed by atoms with Crippen molar-refractivity contribution in [2.45, 2.75) is 242 Å². The van der Waals surface area contributed by atoms with E-state index in [2.05, 4.69) is 229 Å². The molecule has 0 aliphatic rings. The first-order valence-electron chi connectivity index (χ1n) is 25.5. The summed E-state index contributed by atoms with van der Waals surface area (Å²) in [5.41, 5.74) is 11.7. The van der Waals surface area contributed by atoms with Crippen molar-refractivity contribution in [2.75, 3.05) is 0 Å². The number of hydrogen-bond donors (Lipinski definition) is 0. The van der Waals surface area contributed by atoms with Crippen molar-refractivity contribution >= 4 is 60.4 Å². The molecule has 6 rings (SSSR count). The zero-order valence-corrected chi connectivity index (χ0v) is 49.6. The van der Waals surface area contributed by atoms with Crippen molar-refractivity contribution in [1.29, 1.82) is 0 Å². The predicted octanol–water partition coefficient (Wildman–Crippen LogP) is 20.0.